The summed E-state index contributed by atoms with van der Waals surface area (Å²) in [5, 5.41) is 3.28. The van der Waals surface area contributed by atoms with Crippen LogP contribution >= 0.6 is 12.2 Å². The minimum absolute atomic E-state index is 0.137. The number of carbonyl (C=O) groups is 1. The zero-order valence-electron chi connectivity index (χ0n) is 15.6. The largest absolute Gasteiger partial charge is 0.376 e. The maximum absolute atomic E-state index is 12.3. The Labute approximate surface area is 175 Å². The minimum Gasteiger partial charge on any atom is -0.376 e. The van der Waals surface area contributed by atoms with Crippen molar-refractivity contribution in [2.75, 3.05) is 17.9 Å². The summed E-state index contributed by atoms with van der Waals surface area (Å²) >= 11 is 5.11. The number of anilines is 1. The first-order chi connectivity index (χ1) is 13.9. The highest BCUT2D eigenvalue weighted by Crippen LogP contribution is 2.16. The number of ether oxygens (including phenoxy) is 1. The lowest BCUT2D eigenvalue weighted by Crippen LogP contribution is -2.48. The van der Waals surface area contributed by atoms with Crippen LogP contribution in [0.1, 0.15) is 23.2 Å². The second-order valence-corrected chi connectivity index (χ2v) is 8.51. The monoisotopic (exact) mass is 434 g/mol. The molecule has 10 heteroatoms. The van der Waals surface area contributed by atoms with Crippen LogP contribution in [0.3, 0.4) is 0 Å². The molecule has 2 aromatic carbocycles. The minimum atomic E-state index is -3.68. The molecule has 1 heterocycles. The molecule has 4 N–H and O–H groups in total. The number of carbonyl (C=O) groups excluding carboxylic acids is 1. The zero-order chi connectivity index (χ0) is 20.7. The van der Waals surface area contributed by atoms with E-state index in [1.807, 2.05) is 0 Å². The van der Waals surface area contributed by atoms with Gasteiger partial charge in [0, 0.05) is 24.4 Å². The molecule has 1 saturated heterocycles. The SMILES string of the molecule is O=C(NNC(=S)NCC1CCCO1)c1ccc(NS(=O)(=O)c2ccccc2)cc1. The van der Waals surface area contributed by atoms with Crippen LogP contribution in [-0.4, -0.2) is 38.7 Å². The standard InChI is InChI=1S/C19H22N4O4S2/c24-18(21-22-19(28)20-13-16-5-4-12-27-16)14-8-10-15(11-9-14)23-29(25,26)17-6-2-1-3-7-17/h1-3,6-11,16,23H,4-5,12-13H2,(H,21,24)(H2,20,22,28). The molecule has 1 unspecified atom stereocenters. The van der Waals surface area contributed by atoms with Gasteiger partial charge in [0.15, 0.2) is 5.11 Å². The molecule has 154 valence electrons. The highest BCUT2D eigenvalue weighted by atomic mass is 32.2. The van der Waals surface area contributed by atoms with Crippen molar-refractivity contribution >= 4 is 38.9 Å². The van der Waals surface area contributed by atoms with E-state index in [1.165, 1.54) is 36.4 Å². The molecule has 0 spiro atoms. The summed E-state index contributed by atoms with van der Waals surface area (Å²) in [5.74, 6) is -0.399. The molecular weight excluding hydrogens is 412 g/mol. The van der Waals surface area contributed by atoms with E-state index in [2.05, 4.69) is 20.9 Å². The van der Waals surface area contributed by atoms with Gasteiger partial charge in [-0.3, -0.25) is 20.4 Å². The van der Waals surface area contributed by atoms with Crippen molar-refractivity contribution in [1.29, 1.82) is 0 Å². The Morgan fingerprint density at radius 1 is 1.07 bits per heavy atom. The summed E-state index contributed by atoms with van der Waals surface area (Å²) in [7, 11) is -3.68. The number of sulfonamides is 1. The van der Waals surface area contributed by atoms with Gasteiger partial charge in [0.1, 0.15) is 0 Å². The lowest BCUT2D eigenvalue weighted by molar-refractivity contribution is 0.0943. The van der Waals surface area contributed by atoms with Crippen LogP contribution in [0.25, 0.3) is 0 Å². The summed E-state index contributed by atoms with van der Waals surface area (Å²) in [4.78, 5) is 12.4. The molecule has 3 rings (SSSR count). The summed E-state index contributed by atoms with van der Waals surface area (Å²) < 4.78 is 32.6. The predicted octanol–water partition coefficient (Wildman–Crippen LogP) is 1.78. The second kappa shape index (κ2) is 9.68. The van der Waals surface area contributed by atoms with E-state index in [1.54, 1.807) is 18.2 Å². The van der Waals surface area contributed by atoms with E-state index in [-0.39, 0.29) is 11.0 Å². The van der Waals surface area contributed by atoms with Crippen molar-refractivity contribution < 1.29 is 17.9 Å². The number of benzene rings is 2. The van der Waals surface area contributed by atoms with E-state index < -0.39 is 15.9 Å². The maximum Gasteiger partial charge on any atom is 0.269 e. The normalized spacial score (nSPS) is 16.1. The quantitative estimate of drug-likeness (QED) is 0.405. The average molecular weight is 435 g/mol. The Bertz CT molecular complexity index is 944. The Morgan fingerprint density at radius 3 is 2.45 bits per heavy atom. The Morgan fingerprint density at radius 2 is 1.79 bits per heavy atom. The molecule has 0 aromatic heterocycles. The van der Waals surface area contributed by atoms with E-state index in [4.69, 9.17) is 17.0 Å². The van der Waals surface area contributed by atoms with E-state index >= 15 is 0 Å². The molecule has 29 heavy (non-hydrogen) atoms. The molecule has 1 aliphatic rings. The van der Waals surface area contributed by atoms with Gasteiger partial charge in [-0.2, -0.15) is 0 Å². The molecule has 0 radical (unpaired) electrons. The number of nitrogens with one attached hydrogen (secondary N) is 4. The molecule has 1 amide bonds. The Kier molecular flexibility index (Phi) is 7.02. The molecule has 1 aliphatic heterocycles. The first-order valence-electron chi connectivity index (χ1n) is 9.08. The van der Waals surface area contributed by atoms with Crippen molar-refractivity contribution in [3.05, 3.63) is 60.2 Å². The zero-order valence-corrected chi connectivity index (χ0v) is 17.2. The molecule has 2 aromatic rings. The fourth-order valence-corrected chi connectivity index (χ4v) is 3.96. The molecule has 0 bridgehead atoms. The Hall–Kier alpha value is -2.69. The van der Waals surface area contributed by atoms with Crippen molar-refractivity contribution in [2.24, 2.45) is 0 Å². The number of hydrazine groups is 1. The van der Waals surface area contributed by atoms with Gasteiger partial charge >= 0.3 is 0 Å². The highest BCUT2D eigenvalue weighted by Gasteiger charge is 2.16. The summed E-state index contributed by atoms with van der Waals surface area (Å²) in [6, 6.07) is 14.1. The smallest absolute Gasteiger partial charge is 0.269 e. The fourth-order valence-electron chi connectivity index (χ4n) is 2.75. The van der Waals surface area contributed by atoms with Crippen LogP contribution in [-0.2, 0) is 14.8 Å². The number of hydrogen-bond acceptors (Lipinski definition) is 5. The van der Waals surface area contributed by atoms with Gasteiger partial charge in [0.2, 0.25) is 0 Å². The number of hydrogen-bond donors (Lipinski definition) is 4. The molecule has 8 nitrogen and oxygen atoms in total. The van der Waals surface area contributed by atoms with Crippen molar-refractivity contribution in [3.8, 4) is 0 Å². The van der Waals surface area contributed by atoms with Crippen LogP contribution in [0, 0.1) is 0 Å². The first kappa shape index (κ1) is 21.0. The lowest BCUT2D eigenvalue weighted by Gasteiger charge is -2.14. The summed E-state index contributed by atoms with van der Waals surface area (Å²) in [6.45, 7) is 1.35. The van der Waals surface area contributed by atoms with Crippen LogP contribution in [0.2, 0.25) is 0 Å². The van der Waals surface area contributed by atoms with E-state index in [0.717, 1.165) is 19.4 Å². The number of thiocarbonyl (C=S) groups is 1. The van der Waals surface area contributed by atoms with Crippen LogP contribution in [0.5, 0.6) is 0 Å². The van der Waals surface area contributed by atoms with Gasteiger partial charge in [-0.05, 0) is 61.5 Å². The maximum atomic E-state index is 12.3. The number of amides is 1. The number of rotatable bonds is 6. The topological polar surface area (TPSA) is 109 Å². The lowest BCUT2D eigenvalue weighted by atomic mass is 10.2. The third-order valence-corrected chi connectivity index (χ3v) is 5.90. The molecular formula is C19H22N4O4S2. The van der Waals surface area contributed by atoms with Crippen LogP contribution in [0.4, 0.5) is 5.69 Å². The fraction of sp³-hybridized carbons (Fsp3) is 0.263. The Balaban J connectivity index is 1.49. The predicted molar refractivity (Wildman–Crippen MR) is 114 cm³/mol. The van der Waals surface area contributed by atoms with Crippen LogP contribution in [0.15, 0.2) is 59.5 Å². The van der Waals surface area contributed by atoms with Crippen molar-refractivity contribution in [1.82, 2.24) is 16.2 Å². The van der Waals surface area contributed by atoms with E-state index in [0.29, 0.717) is 22.9 Å². The van der Waals surface area contributed by atoms with Gasteiger partial charge in [0.05, 0.1) is 11.0 Å². The highest BCUT2D eigenvalue weighted by molar-refractivity contribution is 7.92. The van der Waals surface area contributed by atoms with Crippen LogP contribution < -0.4 is 20.9 Å². The van der Waals surface area contributed by atoms with Gasteiger partial charge in [0.25, 0.3) is 15.9 Å². The van der Waals surface area contributed by atoms with Gasteiger partial charge in [-0.15, -0.1) is 0 Å². The third-order valence-electron chi connectivity index (χ3n) is 4.26. The molecule has 1 atom stereocenters. The van der Waals surface area contributed by atoms with Gasteiger partial charge < -0.3 is 10.1 Å². The van der Waals surface area contributed by atoms with Gasteiger partial charge in [-0.1, -0.05) is 18.2 Å². The molecule has 1 fully saturated rings. The molecule has 0 saturated carbocycles. The van der Waals surface area contributed by atoms with E-state index in [9.17, 15) is 13.2 Å². The van der Waals surface area contributed by atoms with Crippen molar-refractivity contribution in [3.63, 3.8) is 0 Å². The van der Waals surface area contributed by atoms with Crippen molar-refractivity contribution in [2.45, 2.75) is 23.8 Å². The van der Waals surface area contributed by atoms with Gasteiger partial charge in [-0.25, -0.2) is 8.42 Å². The average Bonchev–Trinajstić information content (AvgIpc) is 3.25. The first-order valence-corrected chi connectivity index (χ1v) is 11.0. The summed E-state index contributed by atoms with van der Waals surface area (Å²) in [5.41, 5.74) is 5.83. The second-order valence-electron chi connectivity index (χ2n) is 6.42. The third kappa shape index (κ3) is 6.14. The molecule has 0 aliphatic carbocycles. The summed E-state index contributed by atoms with van der Waals surface area (Å²) in [6.07, 6.45) is 2.17.